The fourth-order valence-corrected chi connectivity index (χ4v) is 7.80. The van der Waals surface area contributed by atoms with Gasteiger partial charge in [0, 0.05) is 5.41 Å². The van der Waals surface area contributed by atoms with E-state index in [1.54, 1.807) is 12.5 Å². The highest BCUT2D eigenvalue weighted by molar-refractivity contribution is 5.86. The Kier molecular flexibility index (Phi) is 3.64. The second-order valence-electron chi connectivity index (χ2n) is 9.89. The van der Waals surface area contributed by atoms with Crippen LogP contribution in [0, 0.1) is 34.5 Å². The summed E-state index contributed by atoms with van der Waals surface area (Å²) in [4.78, 5) is 12.3. The second-order valence-corrected chi connectivity index (χ2v) is 9.89. The molecule has 134 valence electrons. The van der Waals surface area contributed by atoms with Gasteiger partial charge in [0.05, 0.1) is 0 Å². The SMILES string of the molecule is CC(=O)[C@@]1(O)CC[C@H]2[C@@H]3C[C@@H](C)C4=CCCC[C@@]4(C)[C@@H]3CC[C@@]21C. The molecule has 3 saturated carbocycles. The van der Waals surface area contributed by atoms with Crippen molar-refractivity contribution in [3.63, 3.8) is 0 Å². The summed E-state index contributed by atoms with van der Waals surface area (Å²) < 4.78 is 0. The molecule has 0 aromatic heterocycles. The first-order chi connectivity index (χ1) is 11.2. The minimum atomic E-state index is -1.07. The molecule has 0 unspecified atom stereocenters. The summed E-state index contributed by atoms with van der Waals surface area (Å²) in [7, 11) is 0. The van der Waals surface area contributed by atoms with Crippen LogP contribution in [0.25, 0.3) is 0 Å². The van der Waals surface area contributed by atoms with Crippen LogP contribution in [0.4, 0.5) is 0 Å². The highest BCUT2D eigenvalue weighted by atomic mass is 16.3. The van der Waals surface area contributed by atoms with Crippen LogP contribution in [0.15, 0.2) is 11.6 Å². The van der Waals surface area contributed by atoms with Crippen molar-refractivity contribution in [1.29, 1.82) is 0 Å². The smallest absolute Gasteiger partial charge is 0.161 e. The van der Waals surface area contributed by atoms with Gasteiger partial charge in [0.1, 0.15) is 5.60 Å². The molecule has 3 fully saturated rings. The molecular formula is C22H34O2. The molecule has 2 nitrogen and oxygen atoms in total. The van der Waals surface area contributed by atoms with Crippen molar-refractivity contribution >= 4 is 5.78 Å². The van der Waals surface area contributed by atoms with E-state index in [4.69, 9.17) is 0 Å². The lowest BCUT2D eigenvalue weighted by Gasteiger charge is -2.60. The van der Waals surface area contributed by atoms with Crippen molar-refractivity contribution in [3.8, 4) is 0 Å². The molecule has 4 rings (SSSR count). The number of ketones is 1. The number of carbonyl (C=O) groups excluding carboxylic acids is 1. The number of fused-ring (bicyclic) bond motifs is 5. The molecule has 0 heterocycles. The van der Waals surface area contributed by atoms with E-state index in [0.29, 0.717) is 29.6 Å². The minimum Gasteiger partial charge on any atom is -0.382 e. The second kappa shape index (κ2) is 5.19. The van der Waals surface area contributed by atoms with Gasteiger partial charge in [-0.15, -0.1) is 0 Å². The number of hydrogen-bond donors (Lipinski definition) is 1. The molecule has 7 atom stereocenters. The lowest BCUT2D eigenvalue weighted by molar-refractivity contribution is -0.160. The normalized spacial score (nSPS) is 53.6. The molecule has 0 aromatic carbocycles. The standard InChI is InChI=1S/C22H34O2/c1-14-13-16-18(20(3)10-6-5-7-17(14)20)8-11-21(4)19(16)9-12-22(21,24)15(2)23/h7,14,16,18-19,24H,5-6,8-13H2,1-4H3/t14-,16-,18-,19+,20-,21+,22+/m1/s1. The molecule has 0 spiro atoms. The van der Waals surface area contributed by atoms with Crippen molar-refractivity contribution in [3.05, 3.63) is 11.6 Å². The predicted molar refractivity (Wildman–Crippen MR) is 96.5 cm³/mol. The predicted octanol–water partition coefficient (Wildman–Crippen LogP) is 4.91. The number of allylic oxidation sites excluding steroid dienone is 2. The van der Waals surface area contributed by atoms with Crippen molar-refractivity contribution in [2.45, 2.75) is 84.7 Å². The summed E-state index contributed by atoms with van der Waals surface area (Å²) in [5.74, 6) is 2.64. The van der Waals surface area contributed by atoms with Gasteiger partial charge in [-0.2, -0.15) is 0 Å². The van der Waals surface area contributed by atoms with E-state index in [-0.39, 0.29) is 11.2 Å². The van der Waals surface area contributed by atoms with Gasteiger partial charge >= 0.3 is 0 Å². The highest BCUT2D eigenvalue weighted by Gasteiger charge is 2.65. The van der Waals surface area contributed by atoms with Gasteiger partial charge in [-0.25, -0.2) is 0 Å². The summed E-state index contributed by atoms with van der Waals surface area (Å²) in [5.41, 5.74) is 0.832. The van der Waals surface area contributed by atoms with Gasteiger partial charge in [0.15, 0.2) is 5.78 Å². The van der Waals surface area contributed by atoms with Gasteiger partial charge in [-0.05, 0) is 87.4 Å². The summed E-state index contributed by atoms with van der Waals surface area (Å²) in [5, 5.41) is 11.2. The van der Waals surface area contributed by atoms with E-state index < -0.39 is 5.60 Å². The summed E-state index contributed by atoms with van der Waals surface area (Å²) in [6.45, 7) is 8.78. The van der Waals surface area contributed by atoms with E-state index in [1.165, 1.54) is 32.1 Å². The van der Waals surface area contributed by atoms with Crippen LogP contribution in [0.5, 0.6) is 0 Å². The Labute approximate surface area is 147 Å². The largest absolute Gasteiger partial charge is 0.382 e. The number of rotatable bonds is 1. The molecule has 0 bridgehead atoms. The molecule has 0 radical (unpaired) electrons. The quantitative estimate of drug-likeness (QED) is 0.694. The van der Waals surface area contributed by atoms with Crippen LogP contribution in [0.3, 0.4) is 0 Å². The molecule has 0 aliphatic heterocycles. The minimum absolute atomic E-state index is 0.000675. The monoisotopic (exact) mass is 330 g/mol. The van der Waals surface area contributed by atoms with E-state index in [0.717, 1.165) is 18.8 Å². The Bertz CT molecular complexity index is 593. The third-order valence-electron chi connectivity index (χ3n) is 9.07. The molecule has 0 amide bonds. The zero-order valence-electron chi connectivity index (χ0n) is 15.9. The third kappa shape index (κ3) is 1.90. The van der Waals surface area contributed by atoms with Gasteiger partial charge < -0.3 is 5.11 Å². The average Bonchev–Trinajstić information content (AvgIpc) is 2.81. The molecule has 0 aromatic rings. The number of aliphatic hydroxyl groups is 1. The fraction of sp³-hybridized carbons (Fsp3) is 0.864. The first kappa shape index (κ1) is 16.8. The van der Waals surface area contributed by atoms with Crippen LogP contribution in [0.2, 0.25) is 0 Å². The number of carbonyl (C=O) groups is 1. The topological polar surface area (TPSA) is 37.3 Å². The summed E-state index contributed by atoms with van der Waals surface area (Å²) >= 11 is 0. The Morgan fingerprint density at radius 1 is 1.17 bits per heavy atom. The molecule has 24 heavy (non-hydrogen) atoms. The van der Waals surface area contributed by atoms with Gasteiger partial charge in [-0.1, -0.05) is 32.4 Å². The fourth-order valence-electron chi connectivity index (χ4n) is 7.80. The maximum Gasteiger partial charge on any atom is 0.161 e. The van der Waals surface area contributed by atoms with Crippen LogP contribution in [-0.4, -0.2) is 16.5 Å². The van der Waals surface area contributed by atoms with Crippen LogP contribution in [0.1, 0.15) is 79.1 Å². The molecule has 1 N–H and O–H groups in total. The Hall–Kier alpha value is -0.630. The van der Waals surface area contributed by atoms with E-state index in [2.05, 4.69) is 26.8 Å². The lowest BCUT2D eigenvalue weighted by Crippen LogP contribution is -2.57. The summed E-state index contributed by atoms with van der Waals surface area (Å²) in [6, 6.07) is 0. The Balaban J connectivity index is 1.73. The first-order valence-corrected chi connectivity index (χ1v) is 10.2. The molecule has 4 aliphatic carbocycles. The first-order valence-electron chi connectivity index (χ1n) is 10.2. The molecular weight excluding hydrogens is 296 g/mol. The van der Waals surface area contributed by atoms with Crippen molar-refractivity contribution in [2.75, 3.05) is 0 Å². The van der Waals surface area contributed by atoms with Gasteiger partial charge in [-0.3, -0.25) is 4.79 Å². The van der Waals surface area contributed by atoms with E-state index >= 15 is 0 Å². The molecule has 4 aliphatic rings. The maximum absolute atomic E-state index is 12.3. The Morgan fingerprint density at radius 3 is 2.58 bits per heavy atom. The molecule has 0 saturated heterocycles. The van der Waals surface area contributed by atoms with E-state index in [9.17, 15) is 9.90 Å². The Morgan fingerprint density at radius 2 is 1.88 bits per heavy atom. The van der Waals surface area contributed by atoms with Crippen molar-refractivity contribution < 1.29 is 9.90 Å². The van der Waals surface area contributed by atoms with Crippen molar-refractivity contribution in [1.82, 2.24) is 0 Å². The zero-order chi connectivity index (χ0) is 17.3. The van der Waals surface area contributed by atoms with Gasteiger partial charge in [0.25, 0.3) is 0 Å². The van der Waals surface area contributed by atoms with Gasteiger partial charge in [0.2, 0.25) is 0 Å². The zero-order valence-corrected chi connectivity index (χ0v) is 15.9. The van der Waals surface area contributed by atoms with Crippen molar-refractivity contribution in [2.24, 2.45) is 34.5 Å². The van der Waals surface area contributed by atoms with Crippen LogP contribution in [-0.2, 0) is 4.79 Å². The number of Topliss-reactive ketones (excluding diaryl/α,β-unsaturated/α-hetero) is 1. The number of hydrogen-bond acceptors (Lipinski definition) is 2. The van der Waals surface area contributed by atoms with Crippen LogP contribution >= 0.6 is 0 Å². The highest BCUT2D eigenvalue weighted by Crippen LogP contribution is 2.68. The lowest BCUT2D eigenvalue weighted by atomic mass is 9.45. The van der Waals surface area contributed by atoms with Crippen LogP contribution < -0.4 is 0 Å². The maximum atomic E-state index is 12.3. The summed E-state index contributed by atoms with van der Waals surface area (Å²) in [6.07, 6.45) is 11.7. The molecule has 2 heteroatoms. The third-order valence-corrected chi connectivity index (χ3v) is 9.07. The van der Waals surface area contributed by atoms with E-state index in [1.807, 2.05) is 0 Å². The average molecular weight is 331 g/mol.